The number of rotatable bonds is 4. The molecule has 1 N–H and O–H groups in total. The highest BCUT2D eigenvalue weighted by Crippen LogP contribution is 2.35. The van der Waals surface area contributed by atoms with Crippen molar-refractivity contribution in [2.75, 3.05) is 31.6 Å². The van der Waals surface area contributed by atoms with Crippen molar-refractivity contribution in [3.8, 4) is 11.3 Å². The molecule has 1 saturated carbocycles. The number of pyridine rings is 1. The van der Waals surface area contributed by atoms with Gasteiger partial charge in [-0.15, -0.1) is 0 Å². The molecule has 2 aliphatic rings. The number of amides is 1. The van der Waals surface area contributed by atoms with Crippen LogP contribution in [0.1, 0.15) is 32.1 Å². The van der Waals surface area contributed by atoms with Gasteiger partial charge < -0.3 is 14.5 Å². The van der Waals surface area contributed by atoms with Crippen LogP contribution in [0.4, 0.5) is 5.82 Å². The van der Waals surface area contributed by atoms with Gasteiger partial charge in [-0.05, 0) is 30.4 Å². The SMILES string of the molecule is O=C(Nc1cc2cc(-c3cnco3)ccc2cn1)C1(N2CCOCC2)CCCCC1. The van der Waals surface area contributed by atoms with E-state index in [0.29, 0.717) is 24.8 Å². The summed E-state index contributed by atoms with van der Waals surface area (Å²) in [6, 6.07) is 7.95. The van der Waals surface area contributed by atoms with Crippen LogP contribution in [-0.2, 0) is 9.53 Å². The molecule has 1 aromatic carbocycles. The van der Waals surface area contributed by atoms with E-state index in [1.54, 1.807) is 12.4 Å². The van der Waals surface area contributed by atoms with E-state index in [0.717, 1.165) is 55.1 Å². The summed E-state index contributed by atoms with van der Waals surface area (Å²) in [6.45, 7) is 2.99. The van der Waals surface area contributed by atoms with Crippen LogP contribution in [0.5, 0.6) is 0 Å². The second-order valence-electron chi connectivity index (χ2n) is 8.14. The normalized spacial score (nSPS) is 19.6. The summed E-state index contributed by atoms with van der Waals surface area (Å²) in [5, 5.41) is 5.14. The summed E-state index contributed by atoms with van der Waals surface area (Å²) in [5.74, 6) is 1.36. The number of hydrogen-bond donors (Lipinski definition) is 1. The van der Waals surface area contributed by atoms with Gasteiger partial charge in [0.15, 0.2) is 12.2 Å². The summed E-state index contributed by atoms with van der Waals surface area (Å²) in [4.78, 5) is 24.3. The number of anilines is 1. The highest BCUT2D eigenvalue weighted by molar-refractivity contribution is 5.99. The number of morpholine rings is 1. The average molecular weight is 406 g/mol. The van der Waals surface area contributed by atoms with Crippen molar-refractivity contribution in [2.45, 2.75) is 37.6 Å². The molecule has 5 rings (SSSR count). The lowest BCUT2D eigenvalue weighted by Crippen LogP contribution is -2.60. The minimum Gasteiger partial charge on any atom is -0.444 e. The van der Waals surface area contributed by atoms with Gasteiger partial charge in [0, 0.05) is 30.2 Å². The lowest BCUT2D eigenvalue weighted by molar-refractivity contribution is -0.134. The lowest BCUT2D eigenvalue weighted by atomic mass is 9.79. The molecule has 2 fully saturated rings. The smallest absolute Gasteiger partial charge is 0.246 e. The maximum Gasteiger partial charge on any atom is 0.246 e. The molecule has 3 heterocycles. The molecule has 2 aromatic heterocycles. The molecule has 0 radical (unpaired) electrons. The minimum absolute atomic E-state index is 0.0577. The molecule has 3 aromatic rings. The molecule has 30 heavy (non-hydrogen) atoms. The van der Waals surface area contributed by atoms with Gasteiger partial charge in [-0.1, -0.05) is 31.4 Å². The van der Waals surface area contributed by atoms with E-state index in [4.69, 9.17) is 9.15 Å². The molecule has 1 aliphatic carbocycles. The van der Waals surface area contributed by atoms with Crippen molar-refractivity contribution < 1.29 is 13.9 Å². The second-order valence-corrected chi connectivity index (χ2v) is 8.14. The molecule has 7 heteroatoms. The maximum atomic E-state index is 13.5. The van der Waals surface area contributed by atoms with Gasteiger partial charge in [-0.2, -0.15) is 0 Å². The predicted octanol–water partition coefficient (Wildman–Crippen LogP) is 3.86. The number of ether oxygens (including phenoxy) is 1. The Hall–Kier alpha value is -2.77. The number of hydrogen-bond acceptors (Lipinski definition) is 6. The van der Waals surface area contributed by atoms with Crippen LogP contribution >= 0.6 is 0 Å². The molecule has 1 amide bonds. The summed E-state index contributed by atoms with van der Waals surface area (Å²) in [7, 11) is 0. The minimum atomic E-state index is -0.458. The van der Waals surface area contributed by atoms with Crippen LogP contribution in [0.15, 0.2) is 47.5 Å². The topological polar surface area (TPSA) is 80.5 Å². The number of nitrogens with zero attached hydrogens (tertiary/aromatic N) is 3. The Morgan fingerprint density at radius 3 is 2.63 bits per heavy atom. The van der Waals surface area contributed by atoms with Crippen LogP contribution < -0.4 is 5.32 Å². The quantitative estimate of drug-likeness (QED) is 0.709. The standard InChI is InChI=1S/C23H26N4O3/c28-22(23(6-2-1-3-7-23)27-8-10-29-11-9-27)26-21-13-19-12-17(20-15-24-16-30-20)4-5-18(19)14-25-21/h4-5,12-16H,1-3,6-11H2,(H,25,26,28). The molecule has 7 nitrogen and oxygen atoms in total. The predicted molar refractivity (Wildman–Crippen MR) is 114 cm³/mol. The summed E-state index contributed by atoms with van der Waals surface area (Å²) in [6.07, 6.45) is 10.1. The third kappa shape index (κ3) is 3.59. The molecule has 1 saturated heterocycles. The van der Waals surface area contributed by atoms with Gasteiger partial charge in [0.1, 0.15) is 11.4 Å². The number of nitrogens with one attached hydrogen (secondary N) is 1. The molecule has 0 unspecified atom stereocenters. The van der Waals surface area contributed by atoms with Gasteiger partial charge in [-0.25, -0.2) is 9.97 Å². The summed E-state index contributed by atoms with van der Waals surface area (Å²) in [5.41, 5.74) is 0.487. The first-order valence-electron chi connectivity index (χ1n) is 10.7. The number of fused-ring (bicyclic) bond motifs is 1. The Morgan fingerprint density at radius 2 is 1.87 bits per heavy atom. The van der Waals surface area contributed by atoms with Crippen LogP contribution in [0, 0.1) is 0 Å². The van der Waals surface area contributed by atoms with Crippen molar-refractivity contribution in [3.63, 3.8) is 0 Å². The lowest BCUT2D eigenvalue weighted by Gasteiger charge is -2.46. The van der Waals surface area contributed by atoms with Crippen LogP contribution in [0.3, 0.4) is 0 Å². The van der Waals surface area contributed by atoms with E-state index >= 15 is 0 Å². The largest absolute Gasteiger partial charge is 0.444 e. The fourth-order valence-electron chi connectivity index (χ4n) is 4.77. The van der Waals surface area contributed by atoms with E-state index < -0.39 is 5.54 Å². The highest BCUT2D eigenvalue weighted by Gasteiger charge is 2.45. The third-order valence-electron chi connectivity index (χ3n) is 6.40. The van der Waals surface area contributed by atoms with E-state index in [1.807, 2.05) is 24.3 Å². The number of carbonyl (C=O) groups excluding carboxylic acids is 1. The van der Waals surface area contributed by atoms with Crippen molar-refractivity contribution >= 4 is 22.5 Å². The zero-order valence-electron chi connectivity index (χ0n) is 17.0. The molecule has 156 valence electrons. The molecule has 0 spiro atoms. The zero-order valence-corrected chi connectivity index (χ0v) is 17.0. The van der Waals surface area contributed by atoms with E-state index in [2.05, 4.69) is 20.2 Å². The summed E-state index contributed by atoms with van der Waals surface area (Å²) >= 11 is 0. The Labute approximate surface area is 175 Å². The Bertz CT molecular complexity index is 1020. The van der Waals surface area contributed by atoms with E-state index in [-0.39, 0.29) is 5.91 Å². The molecular weight excluding hydrogens is 380 g/mol. The average Bonchev–Trinajstić information content (AvgIpc) is 3.35. The first-order chi connectivity index (χ1) is 14.7. The number of benzene rings is 1. The van der Waals surface area contributed by atoms with E-state index in [1.165, 1.54) is 12.8 Å². The monoisotopic (exact) mass is 406 g/mol. The van der Waals surface area contributed by atoms with Gasteiger partial charge in [-0.3, -0.25) is 9.69 Å². The van der Waals surface area contributed by atoms with Gasteiger partial charge >= 0.3 is 0 Å². The van der Waals surface area contributed by atoms with Crippen molar-refractivity contribution in [1.29, 1.82) is 0 Å². The molecule has 0 atom stereocenters. The zero-order chi connectivity index (χ0) is 20.4. The molecule has 1 aliphatic heterocycles. The maximum absolute atomic E-state index is 13.5. The van der Waals surface area contributed by atoms with Crippen molar-refractivity contribution in [1.82, 2.24) is 14.9 Å². The third-order valence-corrected chi connectivity index (χ3v) is 6.40. The fourth-order valence-corrected chi connectivity index (χ4v) is 4.77. The first-order valence-corrected chi connectivity index (χ1v) is 10.7. The van der Waals surface area contributed by atoms with Crippen LogP contribution in [0.25, 0.3) is 22.1 Å². The molecular formula is C23H26N4O3. The van der Waals surface area contributed by atoms with Gasteiger partial charge in [0.2, 0.25) is 5.91 Å². The van der Waals surface area contributed by atoms with Gasteiger partial charge in [0.05, 0.1) is 19.4 Å². The van der Waals surface area contributed by atoms with Gasteiger partial charge in [0.25, 0.3) is 0 Å². The number of aromatic nitrogens is 2. The summed E-state index contributed by atoms with van der Waals surface area (Å²) < 4.78 is 10.9. The highest BCUT2D eigenvalue weighted by atomic mass is 16.5. The number of carbonyl (C=O) groups is 1. The van der Waals surface area contributed by atoms with Crippen molar-refractivity contribution in [3.05, 3.63) is 43.1 Å². The second kappa shape index (κ2) is 8.16. The Kier molecular flexibility index (Phi) is 5.23. The first kappa shape index (κ1) is 19.2. The Balaban J connectivity index is 1.42. The molecule has 0 bridgehead atoms. The van der Waals surface area contributed by atoms with Crippen molar-refractivity contribution in [2.24, 2.45) is 0 Å². The van der Waals surface area contributed by atoms with Crippen LogP contribution in [-0.4, -0.2) is 52.6 Å². The van der Waals surface area contributed by atoms with Crippen LogP contribution in [0.2, 0.25) is 0 Å². The fraction of sp³-hybridized carbons (Fsp3) is 0.435. The number of oxazole rings is 1. The Morgan fingerprint density at radius 1 is 1.03 bits per heavy atom. The van der Waals surface area contributed by atoms with E-state index in [9.17, 15) is 4.79 Å².